The minimum atomic E-state index is -0.331. The Morgan fingerprint density at radius 3 is 2.69 bits per heavy atom. The molecule has 1 unspecified atom stereocenters. The topological polar surface area (TPSA) is 52.7 Å². The van der Waals surface area contributed by atoms with Crippen LogP contribution < -0.4 is 5.32 Å². The molecule has 0 radical (unpaired) electrons. The van der Waals surface area contributed by atoms with Crippen molar-refractivity contribution >= 4 is 11.8 Å². The zero-order valence-electron chi connectivity index (χ0n) is 10.3. The average Bonchev–Trinajstić information content (AvgIpc) is 2.28. The maximum Gasteiger partial charge on any atom is 0.246 e. The molecule has 1 rings (SSSR count). The molecule has 0 aromatic rings. The van der Waals surface area contributed by atoms with E-state index in [-0.39, 0.29) is 17.9 Å². The fourth-order valence-electron chi connectivity index (χ4n) is 1.88. The van der Waals surface area contributed by atoms with Crippen molar-refractivity contribution in [3.8, 4) is 0 Å². The predicted octanol–water partition coefficient (Wildman–Crippen LogP) is -0.325. The van der Waals surface area contributed by atoms with Gasteiger partial charge in [0.2, 0.25) is 11.8 Å². The number of nitrogens with one attached hydrogen (secondary N) is 1. The van der Waals surface area contributed by atoms with Crippen LogP contribution in [0.5, 0.6) is 0 Å². The number of hydrogen-bond donors (Lipinski definition) is 1. The molecule has 1 saturated heterocycles. The molecule has 1 atom stereocenters. The minimum Gasteiger partial charge on any atom is -0.347 e. The highest BCUT2D eigenvalue weighted by atomic mass is 16.2. The van der Waals surface area contributed by atoms with E-state index >= 15 is 0 Å². The second-order valence-electron chi connectivity index (χ2n) is 4.29. The highest BCUT2D eigenvalue weighted by Crippen LogP contribution is 2.09. The molecule has 16 heavy (non-hydrogen) atoms. The van der Waals surface area contributed by atoms with Crippen LogP contribution in [0, 0.1) is 0 Å². The van der Waals surface area contributed by atoms with E-state index < -0.39 is 0 Å². The molecule has 2 amide bonds. The van der Waals surface area contributed by atoms with Gasteiger partial charge >= 0.3 is 0 Å². The lowest BCUT2D eigenvalue weighted by Gasteiger charge is -2.36. The second-order valence-corrected chi connectivity index (χ2v) is 4.29. The van der Waals surface area contributed by atoms with E-state index in [2.05, 4.69) is 5.32 Å². The lowest BCUT2D eigenvalue weighted by molar-refractivity contribution is -0.145. The highest BCUT2D eigenvalue weighted by molar-refractivity contribution is 5.87. The second kappa shape index (κ2) is 5.84. The number of carbonyl (C=O) groups is 2. The highest BCUT2D eigenvalue weighted by Gasteiger charge is 2.32. The van der Waals surface area contributed by atoms with Gasteiger partial charge in [0.25, 0.3) is 0 Å². The van der Waals surface area contributed by atoms with Crippen molar-refractivity contribution in [3.05, 3.63) is 0 Å². The number of amides is 2. The smallest absolute Gasteiger partial charge is 0.246 e. The van der Waals surface area contributed by atoms with Gasteiger partial charge in [-0.2, -0.15) is 0 Å². The molecule has 1 N–H and O–H groups in total. The van der Waals surface area contributed by atoms with Gasteiger partial charge in [0.15, 0.2) is 0 Å². The summed E-state index contributed by atoms with van der Waals surface area (Å²) in [6, 6.07) is -0.331. The van der Waals surface area contributed by atoms with Crippen LogP contribution in [-0.2, 0) is 9.59 Å². The largest absolute Gasteiger partial charge is 0.347 e. The maximum absolute atomic E-state index is 11.9. The molecular weight excluding hydrogens is 206 g/mol. The van der Waals surface area contributed by atoms with Crippen LogP contribution >= 0.6 is 0 Å². The molecule has 1 fully saturated rings. The van der Waals surface area contributed by atoms with Crippen molar-refractivity contribution < 1.29 is 9.59 Å². The van der Waals surface area contributed by atoms with Gasteiger partial charge in [0, 0.05) is 40.2 Å². The first-order valence-electron chi connectivity index (χ1n) is 5.79. The number of carbonyl (C=O) groups excluding carboxylic acids is 2. The average molecular weight is 227 g/mol. The van der Waals surface area contributed by atoms with Crippen molar-refractivity contribution in [2.75, 3.05) is 33.7 Å². The summed E-state index contributed by atoms with van der Waals surface area (Å²) in [6.45, 7) is 3.94. The van der Waals surface area contributed by atoms with Crippen LogP contribution in [0.15, 0.2) is 0 Å². The third-order valence-electron chi connectivity index (χ3n) is 2.75. The van der Waals surface area contributed by atoms with Crippen LogP contribution in [0.25, 0.3) is 0 Å². The van der Waals surface area contributed by atoms with Crippen molar-refractivity contribution in [2.45, 2.75) is 25.8 Å². The third kappa shape index (κ3) is 2.95. The van der Waals surface area contributed by atoms with E-state index in [0.29, 0.717) is 19.5 Å². The number of rotatable bonds is 3. The Balaban J connectivity index is 2.71. The molecule has 0 saturated carbocycles. The summed E-state index contributed by atoms with van der Waals surface area (Å²) < 4.78 is 0. The van der Waals surface area contributed by atoms with E-state index in [1.54, 1.807) is 23.9 Å². The van der Waals surface area contributed by atoms with E-state index in [1.807, 2.05) is 6.92 Å². The Hall–Kier alpha value is -1.10. The van der Waals surface area contributed by atoms with Crippen LogP contribution in [0.3, 0.4) is 0 Å². The zero-order valence-corrected chi connectivity index (χ0v) is 10.3. The molecule has 1 heterocycles. The Labute approximate surface area is 96.8 Å². The molecule has 0 aromatic carbocycles. The van der Waals surface area contributed by atoms with E-state index in [0.717, 1.165) is 13.0 Å². The lowest BCUT2D eigenvalue weighted by Crippen LogP contribution is -2.59. The van der Waals surface area contributed by atoms with Crippen molar-refractivity contribution in [2.24, 2.45) is 0 Å². The molecule has 1 aliphatic heterocycles. The van der Waals surface area contributed by atoms with Crippen molar-refractivity contribution in [3.63, 3.8) is 0 Å². The molecule has 0 aromatic heterocycles. The Kier molecular flexibility index (Phi) is 4.73. The Bertz CT molecular complexity index is 266. The number of likely N-dealkylation sites (N-methyl/N-ethyl adjacent to an activating group) is 1. The number of nitrogens with zero attached hydrogens (tertiary/aromatic N) is 2. The van der Waals surface area contributed by atoms with Crippen LogP contribution in [0.1, 0.15) is 19.8 Å². The summed E-state index contributed by atoms with van der Waals surface area (Å²) in [5, 5.41) is 3.16. The summed E-state index contributed by atoms with van der Waals surface area (Å²) in [7, 11) is 3.44. The van der Waals surface area contributed by atoms with Gasteiger partial charge < -0.3 is 15.1 Å². The predicted molar refractivity (Wildman–Crippen MR) is 62.0 cm³/mol. The molecule has 0 bridgehead atoms. The van der Waals surface area contributed by atoms with Crippen molar-refractivity contribution in [1.29, 1.82) is 0 Å². The van der Waals surface area contributed by atoms with Gasteiger partial charge in [0.1, 0.15) is 6.04 Å². The molecular formula is C11H21N3O2. The summed E-state index contributed by atoms with van der Waals surface area (Å²) in [4.78, 5) is 27.0. The first kappa shape index (κ1) is 13.0. The first-order chi connectivity index (χ1) is 7.57. The quantitative estimate of drug-likeness (QED) is 0.718. The van der Waals surface area contributed by atoms with E-state index in [1.165, 1.54) is 0 Å². The van der Waals surface area contributed by atoms with Gasteiger partial charge in [-0.1, -0.05) is 6.92 Å². The first-order valence-corrected chi connectivity index (χ1v) is 5.79. The fourth-order valence-corrected chi connectivity index (χ4v) is 1.88. The van der Waals surface area contributed by atoms with Gasteiger partial charge in [0.05, 0.1) is 0 Å². The lowest BCUT2D eigenvalue weighted by atomic mass is 10.1. The Morgan fingerprint density at radius 1 is 1.44 bits per heavy atom. The maximum atomic E-state index is 11.9. The summed E-state index contributed by atoms with van der Waals surface area (Å²) in [6.07, 6.45) is 1.35. The van der Waals surface area contributed by atoms with Gasteiger partial charge in [-0.3, -0.25) is 9.59 Å². The number of hydrogen-bond acceptors (Lipinski definition) is 3. The molecule has 0 spiro atoms. The van der Waals surface area contributed by atoms with Crippen molar-refractivity contribution in [1.82, 2.24) is 15.1 Å². The van der Waals surface area contributed by atoms with Crippen LogP contribution in [0.2, 0.25) is 0 Å². The monoisotopic (exact) mass is 227 g/mol. The zero-order chi connectivity index (χ0) is 12.1. The molecule has 0 aliphatic carbocycles. The minimum absolute atomic E-state index is 0.00310. The summed E-state index contributed by atoms with van der Waals surface area (Å²) >= 11 is 0. The standard InChI is InChI=1S/C11H21N3O2/c1-4-5-10(15)14-7-6-12-8-9(14)11(16)13(2)3/h9,12H,4-8H2,1-3H3. The van der Waals surface area contributed by atoms with Gasteiger partial charge in [-0.05, 0) is 6.42 Å². The summed E-state index contributed by atoms with van der Waals surface area (Å²) in [5.74, 6) is 0.0841. The normalized spacial score (nSPS) is 20.7. The van der Waals surface area contributed by atoms with Crippen LogP contribution in [-0.4, -0.2) is 61.4 Å². The van der Waals surface area contributed by atoms with E-state index in [9.17, 15) is 9.59 Å². The molecule has 1 aliphatic rings. The van der Waals surface area contributed by atoms with Crippen LogP contribution in [0.4, 0.5) is 0 Å². The van der Waals surface area contributed by atoms with Gasteiger partial charge in [-0.15, -0.1) is 0 Å². The molecule has 5 heteroatoms. The van der Waals surface area contributed by atoms with Gasteiger partial charge in [-0.25, -0.2) is 0 Å². The third-order valence-corrected chi connectivity index (χ3v) is 2.75. The fraction of sp³-hybridized carbons (Fsp3) is 0.818. The molecule has 5 nitrogen and oxygen atoms in total. The summed E-state index contributed by atoms with van der Waals surface area (Å²) in [5.41, 5.74) is 0. The molecule has 92 valence electrons. The van der Waals surface area contributed by atoms with E-state index in [4.69, 9.17) is 0 Å². The number of piperazine rings is 1. The SMILES string of the molecule is CCCC(=O)N1CCNCC1C(=O)N(C)C. The Morgan fingerprint density at radius 2 is 2.12 bits per heavy atom.